The van der Waals surface area contributed by atoms with Gasteiger partial charge in [-0.2, -0.15) is 0 Å². The summed E-state index contributed by atoms with van der Waals surface area (Å²) >= 11 is 3.32. The van der Waals surface area contributed by atoms with Gasteiger partial charge >= 0.3 is 12.0 Å². The lowest BCUT2D eigenvalue weighted by Gasteiger charge is -2.29. The lowest BCUT2D eigenvalue weighted by atomic mass is 9.93. The zero-order chi connectivity index (χ0) is 17.0. The number of amides is 2. The average Bonchev–Trinajstić information content (AvgIpc) is 2.54. The number of rotatable bonds is 5. The van der Waals surface area contributed by atoms with Gasteiger partial charge in [0.1, 0.15) is 0 Å². The summed E-state index contributed by atoms with van der Waals surface area (Å²) in [6.45, 7) is 6.28. The van der Waals surface area contributed by atoms with Crippen LogP contribution in [0.4, 0.5) is 4.79 Å². The van der Waals surface area contributed by atoms with Crippen molar-refractivity contribution in [2.24, 2.45) is 0 Å². The molecular formula is C17H21BrN2O3. The highest BCUT2D eigenvalue weighted by Crippen LogP contribution is 2.29. The Labute approximate surface area is 144 Å². The summed E-state index contributed by atoms with van der Waals surface area (Å²) in [5, 5.41) is 5.84. The van der Waals surface area contributed by atoms with Crippen molar-refractivity contribution in [2.75, 3.05) is 11.9 Å². The number of nitrogens with one attached hydrogen (secondary N) is 2. The lowest BCUT2D eigenvalue weighted by molar-refractivity contribution is -0.139. The second-order valence-electron chi connectivity index (χ2n) is 5.60. The number of ether oxygens (including phenoxy) is 1. The summed E-state index contributed by atoms with van der Waals surface area (Å²) in [6, 6.07) is 7.07. The molecule has 0 saturated carbocycles. The van der Waals surface area contributed by atoms with Gasteiger partial charge in [-0.1, -0.05) is 54.0 Å². The molecule has 23 heavy (non-hydrogen) atoms. The van der Waals surface area contributed by atoms with Crippen molar-refractivity contribution in [1.29, 1.82) is 0 Å². The van der Waals surface area contributed by atoms with Crippen molar-refractivity contribution in [1.82, 2.24) is 10.6 Å². The lowest BCUT2D eigenvalue weighted by Crippen LogP contribution is -2.46. The maximum Gasteiger partial charge on any atom is 0.338 e. The standard InChI is InChI=1S/C17H21BrN2O3/c1-4-23-16(21)14-13(9-18)19-17(22)20-15(14)12-7-5-11(6-8-12)10(2)3/h5-8,10,15H,4,9H2,1-3H3,(H2,19,20,22). The average molecular weight is 381 g/mol. The summed E-state index contributed by atoms with van der Waals surface area (Å²) < 4.78 is 5.15. The fraction of sp³-hybridized carbons (Fsp3) is 0.412. The molecule has 0 aromatic heterocycles. The molecule has 0 aliphatic carbocycles. The van der Waals surface area contributed by atoms with Crippen molar-refractivity contribution >= 4 is 27.9 Å². The second-order valence-corrected chi connectivity index (χ2v) is 6.16. The van der Waals surface area contributed by atoms with Gasteiger partial charge in [-0.3, -0.25) is 0 Å². The predicted octanol–water partition coefficient (Wildman–Crippen LogP) is 3.38. The molecule has 1 atom stereocenters. The largest absolute Gasteiger partial charge is 0.463 e. The first-order chi connectivity index (χ1) is 11.0. The molecular weight excluding hydrogens is 360 g/mol. The fourth-order valence-corrected chi connectivity index (χ4v) is 2.94. The number of benzene rings is 1. The molecule has 2 amide bonds. The smallest absolute Gasteiger partial charge is 0.338 e. The van der Waals surface area contributed by atoms with E-state index in [-0.39, 0.29) is 12.6 Å². The van der Waals surface area contributed by atoms with Gasteiger partial charge in [0.15, 0.2) is 0 Å². The van der Waals surface area contributed by atoms with Crippen LogP contribution in [0.3, 0.4) is 0 Å². The van der Waals surface area contributed by atoms with E-state index in [9.17, 15) is 9.59 Å². The number of allylic oxidation sites excluding steroid dienone is 1. The van der Waals surface area contributed by atoms with Crippen LogP contribution in [-0.4, -0.2) is 23.9 Å². The molecule has 1 aromatic carbocycles. The number of esters is 1. The minimum atomic E-state index is -0.517. The molecule has 0 spiro atoms. The number of carbonyl (C=O) groups excluding carboxylic acids is 2. The van der Waals surface area contributed by atoms with E-state index in [0.717, 1.165) is 5.56 Å². The van der Waals surface area contributed by atoms with E-state index in [0.29, 0.717) is 22.5 Å². The zero-order valence-corrected chi connectivity index (χ0v) is 15.1. The first kappa shape index (κ1) is 17.5. The van der Waals surface area contributed by atoms with E-state index >= 15 is 0 Å². The molecule has 2 N–H and O–H groups in total. The normalized spacial score (nSPS) is 17.8. The maximum absolute atomic E-state index is 12.3. The number of halogens is 1. The minimum absolute atomic E-state index is 0.283. The number of hydrogen-bond acceptors (Lipinski definition) is 3. The minimum Gasteiger partial charge on any atom is -0.463 e. The third-order valence-electron chi connectivity index (χ3n) is 3.72. The van der Waals surface area contributed by atoms with Gasteiger partial charge in [0.2, 0.25) is 0 Å². The molecule has 1 aromatic rings. The SMILES string of the molecule is CCOC(=O)C1=C(CBr)NC(=O)NC1c1ccc(C(C)C)cc1. The first-order valence-electron chi connectivity index (χ1n) is 7.61. The van der Waals surface area contributed by atoms with Crippen molar-refractivity contribution in [3.05, 3.63) is 46.7 Å². The number of alkyl halides is 1. The van der Waals surface area contributed by atoms with Gasteiger partial charge < -0.3 is 15.4 Å². The van der Waals surface area contributed by atoms with Crippen LogP contribution in [0.2, 0.25) is 0 Å². The van der Waals surface area contributed by atoms with Crippen molar-refractivity contribution < 1.29 is 14.3 Å². The second kappa shape index (κ2) is 7.64. The van der Waals surface area contributed by atoms with Crippen LogP contribution in [0.5, 0.6) is 0 Å². The molecule has 0 radical (unpaired) electrons. The fourth-order valence-electron chi connectivity index (χ4n) is 2.50. The third kappa shape index (κ3) is 3.93. The van der Waals surface area contributed by atoms with E-state index in [2.05, 4.69) is 40.4 Å². The van der Waals surface area contributed by atoms with E-state index < -0.39 is 12.0 Å². The molecule has 0 bridgehead atoms. The molecule has 124 valence electrons. The van der Waals surface area contributed by atoms with Crippen LogP contribution in [0.25, 0.3) is 0 Å². The van der Waals surface area contributed by atoms with E-state index in [1.807, 2.05) is 24.3 Å². The molecule has 1 aliphatic heterocycles. The van der Waals surface area contributed by atoms with Crippen molar-refractivity contribution in [2.45, 2.75) is 32.7 Å². The van der Waals surface area contributed by atoms with E-state index in [1.165, 1.54) is 5.56 Å². The molecule has 6 heteroatoms. The highest BCUT2D eigenvalue weighted by molar-refractivity contribution is 9.09. The molecule has 2 rings (SSSR count). The van der Waals surface area contributed by atoms with Gasteiger partial charge in [-0.15, -0.1) is 0 Å². The Balaban J connectivity index is 2.43. The van der Waals surface area contributed by atoms with E-state index in [4.69, 9.17) is 4.74 Å². The zero-order valence-electron chi connectivity index (χ0n) is 13.5. The van der Waals surface area contributed by atoms with Crippen molar-refractivity contribution in [3.8, 4) is 0 Å². The number of carbonyl (C=O) groups is 2. The van der Waals surface area contributed by atoms with Crippen LogP contribution in [-0.2, 0) is 9.53 Å². The van der Waals surface area contributed by atoms with Crippen LogP contribution < -0.4 is 10.6 Å². The Bertz CT molecular complexity index is 623. The van der Waals surface area contributed by atoms with Crippen LogP contribution in [0.1, 0.15) is 43.9 Å². The Morgan fingerprint density at radius 2 is 1.96 bits per heavy atom. The summed E-state index contributed by atoms with van der Waals surface area (Å²) in [4.78, 5) is 24.2. The predicted molar refractivity (Wildman–Crippen MR) is 92.4 cm³/mol. The monoisotopic (exact) mass is 380 g/mol. The molecule has 0 saturated heterocycles. The van der Waals surface area contributed by atoms with E-state index in [1.54, 1.807) is 6.92 Å². The Hall–Kier alpha value is -1.82. The highest BCUT2D eigenvalue weighted by Gasteiger charge is 2.33. The molecule has 1 aliphatic rings. The highest BCUT2D eigenvalue weighted by atomic mass is 79.9. The van der Waals surface area contributed by atoms with Gasteiger partial charge in [-0.25, -0.2) is 9.59 Å². The van der Waals surface area contributed by atoms with Crippen LogP contribution in [0, 0.1) is 0 Å². The molecule has 5 nitrogen and oxygen atoms in total. The van der Waals surface area contributed by atoms with Crippen molar-refractivity contribution in [3.63, 3.8) is 0 Å². The molecule has 1 heterocycles. The summed E-state index contributed by atoms with van der Waals surface area (Å²) in [7, 11) is 0. The molecule has 0 fully saturated rings. The van der Waals surface area contributed by atoms with Gasteiger partial charge in [0.05, 0.1) is 18.2 Å². The van der Waals surface area contributed by atoms with Crippen LogP contribution in [0.15, 0.2) is 35.5 Å². The van der Waals surface area contributed by atoms with Gasteiger partial charge in [0, 0.05) is 11.0 Å². The topological polar surface area (TPSA) is 67.4 Å². The Morgan fingerprint density at radius 3 is 2.48 bits per heavy atom. The Kier molecular flexibility index (Phi) is 5.82. The third-order valence-corrected chi connectivity index (χ3v) is 4.28. The summed E-state index contributed by atoms with van der Waals surface area (Å²) in [5.74, 6) is -0.00257. The van der Waals surface area contributed by atoms with Crippen LogP contribution >= 0.6 is 15.9 Å². The summed E-state index contributed by atoms with van der Waals surface area (Å²) in [6.07, 6.45) is 0. The Morgan fingerprint density at radius 1 is 1.30 bits per heavy atom. The number of hydrogen-bond donors (Lipinski definition) is 2. The first-order valence-corrected chi connectivity index (χ1v) is 8.73. The maximum atomic E-state index is 12.3. The van der Waals surface area contributed by atoms with Gasteiger partial charge in [0.25, 0.3) is 0 Å². The van der Waals surface area contributed by atoms with Gasteiger partial charge in [-0.05, 0) is 24.0 Å². The quantitative estimate of drug-likeness (QED) is 0.607. The molecule has 1 unspecified atom stereocenters. The summed E-state index contributed by atoms with van der Waals surface area (Å²) in [5.41, 5.74) is 3.02. The number of urea groups is 1.